The Kier molecular flexibility index (Phi) is 4.45. The molecule has 1 unspecified atom stereocenters. The maximum Gasteiger partial charge on any atom is 0.165 e. The first-order valence-electron chi connectivity index (χ1n) is 6.06. The van der Waals surface area contributed by atoms with E-state index in [0.29, 0.717) is 5.69 Å². The second kappa shape index (κ2) is 6.09. The van der Waals surface area contributed by atoms with Crippen molar-refractivity contribution >= 4 is 17.3 Å². The van der Waals surface area contributed by atoms with E-state index in [1.807, 2.05) is 6.92 Å². The van der Waals surface area contributed by atoms with Gasteiger partial charge in [0.05, 0.1) is 12.1 Å². The highest BCUT2D eigenvalue weighted by atomic mass is 35.5. The number of methoxy groups -OCH3 is 1. The van der Waals surface area contributed by atoms with Crippen LogP contribution in [-0.4, -0.2) is 7.11 Å². The Morgan fingerprint density at radius 1 is 1.10 bits per heavy atom. The Hall–Kier alpha value is -1.81. The first-order chi connectivity index (χ1) is 9.51. The van der Waals surface area contributed by atoms with Crippen molar-refractivity contribution in [1.29, 1.82) is 0 Å². The maximum absolute atomic E-state index is 13.3. The smallest absolute Gasteiger partial charge is 0.165 e. The molecule has 1 atom stereocenters. The van der Waals surface area contributed by atoms with Gasteiger partial charge in [0.15, 0.2) is 11.6 Å². The standard InChI is InChI=1S/C15H14ClF2NO/c1-9(10-3-5-13(17)12(16)7-10)19-11-4-6-14(18)15(8-11)20-2/h3-9,19H,1-2H3. The van der Waals surface area contributed by atoms with E-state index in [2.05, 4.69) is 5.32 Å². The molecule has 0 aromatic heterocycles. The van der Waals surface area contributed by atoms with Crippen LogP contribution in [0.15, 0.2) is 36.4 Å². The van der Waals surface area contributed by atoms with Crippen molar-refractivity contribution in [2.45, 2.75) is 13.0 Å². The Morgan fingerprint density at radius 3 is 2.45 bits per heavy atom. The van der Waals surface area contributed by atoms with Gasteiger partial charge >= 0.3 is 0 Å². The highest BCUT2D eigenvalue weighted by Gasteiger charge is 2.10. The third-order valence-electron chi connectivity index (χ3n) is 2.98. The number of nitrogens with one attached hydrogen (secondary N) is 1. The van der Waals surface area contributed by atoms with Crippen LogP contribution >= 0.6 is 11.6 Å². The van der Waals surface area contributed by atoms with Gasteiger partial charge < -0.3 is 10.1 Å². The molecule has 2 nitrogen and oxygen atoms in total. The minimum atomic E-state index is -0.453. The third kappa shape index (κ3) is 3.20. The van der Waals surface area contributed by atoms with E-state index < -0.39 is 11.6 Å². The summed E-state index contributed by atoms with van der Waals surface area (Å²) in [4.78, 5) is 0. The van der Waals surface area contributed by atoms with E-state index in [0.717, 1.165) is 5.56 Å². The summed E-state index contributed by atoms with van der Waals surface area (Å²) in [7, 11) is 1.41. The van der Waals surface area contributed by atoms with Crippen LogP contribution in [0.4, 0.5) is 14.5 Å². The van der Waals surface area contributed by atoms with Crippen molar-refractivity contribution in [2.24, 2.45) is 0 Å². The predicted octanol–water partition coefficient (Wildman–Crippen LogP) is 4.80. The molecule has 2 aromatic rings. The van der Waals surface area contributed by atoms with E-state index in [4.69, 9.17) is 16.3 Å². The summed E-state index contributed by atoms with van der Waals surface area (Å²) in [6.45, 7) is 1.90. The molecule has 0 bridgehead atoms. The average Bonchev–Trinajstić information content (AvgIpc) is 2.43. The van der Waals surface area contributed by atoms with Gasteiger partial charge in [-0.1, -0.05) is 17.7 Å². The molecule has 5 heteroatoms. The molecule has 106 valence electrons. The molecule has 20 heavy (non-hydrogen) atoms. The highest BCUT2D eigenvalue weighted by molar-refractivity contribution is 6.30. The fraction of sp³-hybridized carbons (Fsp3) is 0.200. The average molecular weight is 298 g/mol. The van der Waals surface area contributed by atoms with Crippen LogP contribution in [0.2, 0.25) is 5.02 Å². The summed E-state index contributed by atoms with van der Waals surface area (Å²) in [5.74, 6) is -0.707. The quantitative estimate of drug-likeness (QED) is 0.875. The first-order valence-corrected chi connectivity index (χ1v) is 6.44. The summed E-state index contributed by atoms with van der Waals surface area (Å²) < 4.78 is 31.4. The van der Waals surface area contributed by atoms with E-state index in [9.17, 15) is 8.78 Å². The number of halogens is 3. The first kappa shape index (κ1) is 14.6. The largest absolute Gasteiger partial charge is 0.494 e. The van der Waals surface area contributed by atoms with Gasteiger partial charge in [0.2, 0.25) is 0 Å². The summed E-state index contributed by atoms with van der Waals surface area (Å²) in [5.41, 5.74) is 1.54. The molecule has 0 saturated carbocycles. The number of hydrogen-bond donors (Lipinski definition) is 1. The molecule has 2 rings (SSSR count). The molecule has 0 aliphatic carbocycles. The Morgan fingerprint density at radius 2 is 1.80 bits per heavy atom. The topological polar surface area (TPSA) is 21.3 Å². The van der Waals surface area contributed by atoms with Gasteiger partial charge in [0.1, 0.15) is 5.82 Å². The fourth-order valence-electron chi connectivity index (χ4n) is 1.86. The molecular formula is C15H14ClF2NO. The van der Waals surface area contributed by atoms with Gasteiger partial charge in [0.25, 0.3) is 0 Å². The van der Waals surface area contributed by atoms with Crippen LogP contribution in [0.1, 0.15) is 18.5 Å². The number of benzene rings is 2. The predicted molar refractivity (Wildman–Crippen MR) is 76.4 cm³/mol. The maximum atomic E-state index is 13.3. The van der Waals surface area contributed by atoms with Crippen LogP contribution in [0, 0.1) is 11.6 Å². The normalized spacial score (nSPS) is 12.1. The molecule has 0 spiro atoms. The molecule has 0 aliphatic heterocycles. The van der Waals surface area contributed by atoms with Crippen LogP contribution in [0.25, 0.3) is 0 Å². The third-order valence-corrected chi connectivity index (χ3v) is 3.27. The zero-order valence-electron chi connectivity index (χ0n) is 11.1. The van der Waals surface area contributed by atoms with Crippen LogP contribution in [0.3, 0.4) is 0 Å². The highest BCUT2D eigenvalue weighted by Crippen LogP contribution is 2.26. The van der Waals surface area contributed by atoms with Crippen molar-refractivity contribution in [2.75, 3.05) is 12.4 Å². The van der Waals surface area contributed by atoms with Gasteiger partial charge in [-0.3, -0.25) is 0 Å². The van der Waals surface area contributed by atoms with Gasteiger partial charge in [-0.05, 0) is 36.8 Å². The van der Waals surface area contributed by atoms with E-state index in [1.165, 1.54) is 19.2 Å². The molecule has 0 radical (unpaired) electrons. The molecule has 0 aliphatic rings. The molecule has 1 N–H and O–H groups in total. The van der Waals surface area contributed by atoms with E-state index >= 15 is 0 Å². The van der Waals surface area contributed by atoms with Crippen molar-refractivity contribution in [1.82, 2.24) is 0 Å². The monoisotopic (exact) mass is 297 g/mol. The molecule has 0 heterocycles. The van der Waals surface area contributed by atoms with Crippen molar-refractivity contribution in [3.8, 4) is 5.75 Å². The summed E-state index contributed by atoms with van der Waals surface area (Å²) in [6, 6.07) is 8.93. The zero-order valence-corrected chi connectivity index (χ0v) is 11.8. The van der Waals surface area contributed by atoms with Crippen molar-refractivity contribution in [3.05, 3.63) is 58.6 Å². The van der Waals surface area contributed by atoms with Crippen molar-refractivity contribution in [3.63, 3.8) is 0 Å². The lowest BCUT2D eigenvalue weighted by molar-refractivity contribution is 0.387. The van der Waals surface area contributed by atoms with E-state index in [-0.39, 0.29) is 16.8 Å². The van der Waals surface area contributed by atoms with Gasteiger partial charge in [-0.25, -0.2) is 8.78 Å². The second-order valence-corrected chi connectivity index (χ2v) is 4.80. The molecule has 2 aromatic carbocycles. The van der Waals surface area contributed by atoms with E-state index in [1.54, 1.807) is 24.3 Å². The molecule has 0 saturated heterocycles. The van der Waals surface area contributed by atoms with Crippen LogP contribution in [0.5, 0.6) is 5.75 Å². The second-order valence-electron chi connectivity index (χ2n) is 4.39. The number of rotatable bonds is 4. The summed E-state index contributed by atoms with van der Waals surface area (Å²) in [5, 5.41) is 3.26. The molecular weight excluding hydrogens is 284 g/mol. The molecule has 0 amide bonds. The lowest BCUT2D eigenvalue weighted by Crippen LogP contribution is -2.07. The fourth-order valence-corrected chi connectivity index (χ4v) is 2.05. The van der Waals surface area contributed by atoms with Crippen LogP contribution in [-0.2, 0) is 0 Å². The Bertz CT molecular complexity index is 619. The zero-order chi connectivity index (χ0) is 14.7. The Balaban J connectivity index is 2.18. The minimum absolute atomic E-state index is 0.0767. The lowest BCUT2D eigenvalue weighted by Gasteiger charge is -2.17. The SMILES string of the molecule is COc1cc(NC(C)c2ccc(F)c(Cl)c2)ccc1F. The summed E-state index contributed by atoms with van der Waals surface area (Å²) in [6.07, 6.45) is 0. The lowest BCUT2D eigenvalue weighted by atomic mass is 10.1. The molecule has 0 fully saturated rings. The number of ether oxygens (including phenoxy) is 1. The van der Waals surface area contributed by atoms with Gasteiger partial charge in [-0.15, -0.1) is 0 Å². The number of hydrogen-bond acceptors (Lipinski definition) is 2. The van der Waals surface area contributed by atoms with Gasteiger partial charge in [0, 0.05) is 17.8 Å². The van der Waals surface area contributed by atoms with Crippen molar-refractivity contribution < 1.29 is 13.5 Å². The Labute approximate surface area is 121 Å². The van der Waals surface area contributed by atoms with Gasteiger partial charge in [-0.2, -0.15) is 0 Å². The number of anilines is 1. The minimum Gasteiger partial charge on any atom is -0.494 e. The van der Waals surface area contributed by atoms with Crippen LogP contribution < -0.4 is 10.1 Å². The summed E-state index contributed by atoms with van der Waals surface area (Å²) >= 11 is 5.76.